The first-order valence-corrected chi connectivity index (χ1v) is 9.64. The van der Waals surface area contributed by atoms with Gasteiger partial charge in [0.05, 0.1) is 17.6 Å². The molecule has 0 unspecified atom stereocenters. The first-order chi connectivity index (χ1) is 12.4. The van der Waals surface area contributed by atoms with Gasteiger partial charge in [0, 0.05) is 37.2 Å². The summed E-state index contributed by atoms with van der Waals surface area (Å²) < 4.78 is 1.30. The van der Waals surface area contributed by atoms with Crippen molar-refractivity contribution in [1.29, 1.82) is 0 Å². The van der Waals surface area contributed by atoms with Crippen LogP contribution in [0, 0.1) is 0 Å². The fraction of sp³-hybridized carbons (Fsp3) is 0.474. The molecule has 0 saturated carbocycles. The molecule has 140 valence electrons. The zero-order valence-corrected chi connectivity index (χ0v) is 16.8. The number of halogens is 2. The Morgan fingerprint density at radius 1 is 1.15 bits per heavy atom. The van der Waals surface area contributed by atoms with Crippen molar-refractivity contribution in [2.75, 3.05) is 25.0 Å². The van der Waals surface area contributed by atoms with Crippen LogP contribution >= 0.6 is 23.2 Å². The monoisotopic (exact) mass is 394 g/mol. The minimum atomic E-state index is -0.321. The van der Waals surface area contributed by atoms with Gasteiger partial charge in [-0.15, -0.1) is 0 Å². The van der Waals surface area contributed by atoms with Gasteiger partial charge in [-0.1, -0.05) is 23.2 Å². The maximum atomic E-state index is 12.7. The Labute approximate surface area is 164 Å². The summed E-state index contributed by atoms with van der Waals surface area (Å²) in [6, 6.07) is 7.86. The first kappa shape index (κ1) is 19.2. The normalized spacial score (nSPS) is 16.2. The minimum absolute atomic E-state index is 0.198. The lowest BCUT2D eigenvalue weighted by atomic mass is 10.0. The zero-order chi connectivity index (χ0) is 18.8. The largest absolute Gasteiger partial charge is 0.369 e. The molecule has 0 atom stereocenters. The van der Waals surface area contributed by atoms with Crippen LogP contribution < -0.4 is 10.5 Å². The van der Waals surface area contributed by atoms with Gasteiger partial charge in [-0.2, -0.15) is 9.78 Å². The van der Waals surface area contributed by atoms with Crippen LogP contribution in [0.3, 0.4) is 0 Å². The Morgan fingerprint density at radius 3 is 2.35 bits per heavy atom. The quantitative estimate of drug-likeness (QED) is 0.789. The summed E-state index contributed by atoms with van der Waals surface area (Å²) in [5.74, 6) is 0. The van der Waals surface area contributed by atoms with Crippen molar-refractivity contribution >= 4 is 28.9 Å². The Balaban J connectivity index is 1.82. The van der Waals surface area contributed by atoms with E-state index in [1.807, 2.05) is 7.05 Å². The van der Waals surface area contributed by atoms with Gasteiger partial charge >= 0.3 is 0 Å². The molecule has 5 nitrogen and oxygen atoms in total. The van der Waals surface area contributed by atoms with Crippen molar-refractivity contribution < 1.29 is 0 Å². The average Bonchev–Trinajstić information content (AvgIpc) is 2.64. The lowest BCUT2D eigenvalue weighted by Crippen LogP contribution is -2.46. The van der Waals surface area contributed by atoms with Crippen LogP contribution in [0.4, 0.5) is 5.69 Å². The van der Waals surface area contributed by atoms with Crippen LogP contribution in [0.2, 0.25) is 10.0 Å². The van der Waals surface area contributed by atoms with Crippen LogP contribution in [-0.4, -0.2) is 46.9 Å². The molecule has 1 aliphatic rings. The summed E-state index contributed by atoms with van der Waals surface area (Å²) in [6.45, 7) is 6.56. The Kier molecular flexibility index (Phi) is 5.90. The van der Waals surface area contributed by atoms with Gasteiger partial charge < -0.3 is 9.80 Å². The number of piperidine rings is 1. The highest BCUT2D eigenvalue weighted by molar-refractivity contribution is 6.33. The van der Waals surface area contributed by atoms with Gasteiger partial charge in [-0.05, 0) is 51.0 Å². The van der Waals surface area contributed by atoms with Crippen molar-refractivity contribution in [3.63, 3.8) is 0 Å². The topological polar surface area (TPSA) is 41.4 Å². The van der Waals surface area contributed by atoms with Gasteiger partial charge in [0.1, 0.15) is 5.02 Å². The molecule has 0 aliphatic carbocycles. The summed E-state index contributed by atoms with van der Waals surface area (Å²) >= 11 is 12.3. The van der Waals surface area contributed by atoms with Crippen molar-refractivity contribution in [3.05, 3.63) is 50.9 Å². The molecule has 0 N–H and O–H groups in total. The number of aromatic nitrogens is 2. The molecule has 0 amide bonds. The fourth-order valence-electron chi connectivity index (χ4n) is 3.42. The number of likely N-dealkylation sites (tertiary alicyclic amines) is 1. The minimum Gasteiger partial charge on any atom is -0.369 e. The number of nitrogens with zero attached hydrogens (tertiary/aromatic N) is 4. The molecule has 0 radical (unpaired) electrons. The van der Waals surface area contributed by atoms with Crippen molar-refractivity contribution in [3.8, 4) is 5.69 Å². The highest BCUT2D eigenvalue weighted by Crippen LogP contribution is 2.27. The summed E-state index contributed by atoms with van der Waals surface area (Å²) in [6.07, 6.45) is 3.77. The summed E-state index contributed by atoms with van der Waals surface area (Å²) in [5.41, 5.74) is 1.00. The van der Waals surface area contributed by atoms with Crippen LogP contribution in [-0.2, 0) is 0 Å². The molecule has 1 aromatic carbocycles. The fourth-order valence-corrected chi connectivity index (χ4v) is 3.81. The molecule has 1 saturated heterocycles. The average molecular weight is 395 g/mol. The number of anilines is 1. The molecule has 1 aliphatic heterocycles. The lowest BCUT2D eigenvalue weighted by Gasteiger charge is -2.39. The van der Waals surface area contributed by atoms with E-state index in [4.69, 9.17) is 23.2 Å². The second-order valence-corrected chi connectivity index (χ2v) is 7.82. The molecule has 0 bridgehead atoms. The summed E-state index contributed by atoms with van der Waals surface area (Å²) in [5, 5.41) is 5.13. The molecule has 7 heteroatoms. The van der Waals surface area contributed by atoms with Gasteiger partial charge in [-0.3, -0.25) is 4.79 Å². The third-order valence-corrected chi connectivity index (χ3v) is 5.74. The third kappa shape index (κ3) is 3.90. The standard InChI is InChI=1S/C19H24Cl2N4O/c1-13(2)24-10-8-15(9-11-24)23(3)17-12-22-25(19(26)18(17)21)16-6-4-14(20)5-7-16/h4-7,12-13,15H,8-11H2,1-3H3. The zero-order valence-electron chi connectivity index (χ0n) is 15.3. The molecular formula is C19H24Cl2N4O. The molecule has 2 aromatic rings. The maximum Gasteiger partial charge on any atom is 0.292 e. The van der Waals surface area contributed by atoms with E-state index in [2.05, 4.69) is 28.7 Å². The van der Waals surface area contributed by atoms with Crippen LogP contribution in [0.25, 0.3) is 5.69 Å². The number of hydrogen-bond acceptors (Lipinski definition) is 4. The summed E-state index contributed by atoms with van der Waals surface area (Å²) in [7, 11) is 1.99. The number of benzene rings is 1. The molecule has 3 rings (SSSR count). The van der Waals surface area contributed by atoms with Crippen molar-refractivity contribution in [2.24, 2.45) is 0 Å². The van der Waals surface area contributed by atoms with E-state index < -0.39 is 0 Å². The lowest BCUT2D eigenvalue weighted by molar-refractivity contribution is 0.171. The third-order valence-electron chi connectivity index (χ3n) is 5.13. The van der Waals surface area contributed by atoms with E-state index in [0.717, 1.165) is 25.9 Å². The molecular weight excluding hydrogens is 371 g/mol. The van der Waals surface area contributed by atoms with Gasteiger partial charge in [0.25, 0.3) is 5.56 Å². The SMILES string of the molecule is CC(C)N1CCC(N(C)c2cnn(-c3ccc(Cl)cc3)c(=O)c2Cl)CC1. The second kappa shape index (κ2) is 7.99. The van der Waals surface area contributed by atoms with E-state index >= 15 is 0 Å². The Morgan fingerprint density at radius 2 is 1.77 bits per heavy atom. The van der Waals surface area contributed by atoms with E-state index in [-0.39, 0.29) is 10.6 Å². The molecule has 1 aromatic heterocycles. The maximum absolute atomic E-state index is 12.7. The van der Waals surface area contributed by atoms with Gasteiger partial charge in [-0.25, -0.2) is 0 Å². The van der Waals surface area contributed by atoms with E-state index in [9.17, 15) is 4.79 Å². The Bertz CT molecular complexity index is 811. The molecule has 26 heavy (non-hydrogen) atoms. The number of rotatable bonds is 4. The van der Waals surface area contributed by atoms with E-state index in [0.29, 0.717) is 28.5 Å². The molecule has 1 fully saturated rings. The van der Waals surface area contributed by atoms with E-state index in [1.165, 1.54) is 4.68 Å². The molecule has 0 spiro atoms. The summed E-state index contributed by atoms with van der Waals surface area (Å²) in [4.78, 5) is 17.3. The Hall–Kier alpha value is -1.56. The van der Waals surface area contributed by atoms with Crippen molar-refractivity contribution in [2.45, 2.75) is 38.8 Å². The van der Waals surface area contributed by atoms with Crippen molar-refractivity contribution in [1.82, 2.24) is 14.7 Å². The van der Waals surface area contributed by atoms with Crippen LogP contribution in [0.15, 0.2) is 35.3 Å². The predicted octanol–water partition coefficient (Wildman–Crippen LogP) is 3.85. The second-order valence-electron chi connectivity index (χ2n) is 7.01. The van der Waals surface area contributed by atoms with Gasteiger partial charge in [0.15, 0.2) is 0 Å². The molecule has 2 heterocycles. The van der Waals surface area contributed by atoms with E-state index in [1.54, 1.807) is 30.5 Å². The van der Waals surface area contributed by atoms with Crippen LogP contribution in [0.1, 0.15) is 26.7 Å². The van der Waals surface area contributed by atoms with Gasteiger partial charge in [0.2, 0.25) is 0 Å². The smallest absolute Gasteiger partial charge is 0.292 e. The first-order valence-electron chi connectivity index (χ1n) is 8.89. The predicted molar refractivity (Wildman–Crippen MR) is 108 cm³/mol. The highest BCUT2D eigenvalue weighted by atomic mass is 35.5. The number of hydrogen-bond donors (Lipinski definition) is 0. The highest BCUT2D eigenvalue weighted by Gasteiger charge is 2.26. The van der Waals surface area contributed by atoms with Crippen LogP contribution in [0.5, 0.6) is 0 Å².